The molecule has 1 saturated carbocycles. The molecule has 1 unspecified atom stereocenters. The molecule has 1 N–H and O–H groups in total. The summed E-state index contributed by atoms with van der Waals surface area (Å²) in [6.07, 6.45) is 8.21. The van der Waals surface area contributed by atoms with Crippen molar-refractivity contribution in [3.8, 4) is 0 Å². The van der Waals surface area contributed by atoms with Crippen molar-refractivity contribution in [1.82, 2.24) is 0 Å². The Hall–Kier alpha value is -0.530. The summed E-state index contributed by atoms with van der Waals surface area (Å²) in [6.45, 7) is 4.22. The van der Waals surface area contributed by atoms with Gasteiger partial charge >= 0.3 is 5.97 Å². The Labute approximate surface area is 93.1 Å². The number of rotatable bonds is 5. The molecule has 1 fully saturated rings. The van der Waals surface area contributed by atoms with E-state index in [9.17, 15) is 4.79 Å². The van der Waals surface area contributed by atoms with Gasteiger partial charge in [-0.2, -0.15) is 0 Å². The summed E-state index contributed by atoms with van der Waals surface area (Å²) in [5.41, 5.74) is 0. The zero-order chi connectivity index (χ0) is 11.3. The number of hydrogen-bond donors (Lipinski definition) is 1. The van der Waals surface area contributed by atoms with Crippen molar-refractivity contribution in [2.45, 2.75) is 58.8 Å². The lowest BCUT2D eigenvalue weighted by atomic mass is 9.80. The zero-order valence-electron chi connectivity index (χ0n) is 10.0. The van der Waals surface area contributed by atoms with Gasteiger partial charge in [0.05, 0.1) is 5.92 Å². The topological polar surface area (TPSA) is 37.3 Å². The molecule has 1 aliphatic carbocycles. The van der Waals surface area contributed by atoms with Crippen LogP contribution in [0.3, 0.4) is 0 Å². The molecule has 0 saturated heterocycles. The molecule has 0 bridgehead atoms. The van der Waals surface area contributed by atoms with E-state index >= 15 is 0 Å². The van der Waals surface area contributed by atoms with Gasteiger partial charge in [-0.3, -0.25) is 4.79 Å². The summed E-state index contributed by atoms with van der Waals surface area (Å²) >= 11 is 0. The van der Waals surface area contributed by atoms with Crippen LogP contribution in [0, 0.1) is 17.8 Å². The van der Waals surface area contributed by atoms with E-state index in [1.165, 1.54) is 32.1 Å². The van der Waals surface area contributed by atoms with E-state index in [1.54, 1.807) is 0 Å². The van der Waals surface area contributed by atoms with Gasteiger partial charge in [0.2, 0.25) is 0 Å². The summed E-state index contributed by atoms with van der Waals surface area (Å²) < 4.78 is 0. The van der Waals surface area contributed by atoms with Crippen LogP contribution in [0.5, 0.6) is 0 Å². The minimum atomic E-state index is -0.589. The first-order valence-electron chi connectivity index (χ1n) is 6.32. The van der Waals surface area contributed by atoms with Crippen LogP contribution in [0.1, 0.15) is 58.8 Å². The summed E-state index contributed by atoms with van der Waals surface area (Å²) in [6, 6.07) is 0. The summed E-state index contributed by atoms with van der Waals surface area (Å²) in [7, 11) is 0. The van der Waals surface area contributed by atoms with Crippen molar-refractivity contribution >= 4 is 5.97 Å². The predicted octanol–water partition coefficient (Wildman–Crippen LogP) is 3.70. The average molecular weight is 212 g/mol. The first-order chi connectivity index (χ1) is 7.09. The minimum Gasteiger partial charge on any atom is -0.481 e. The second-order valence-corrected chi connectivity index (χ2v) is 5.40. The smallest absolute Gasteiger partial charge is 0.306 e. The number of carboxylic acids is 1. The number of carbonyl (C=O) groups is 1. The fourth-order valence-corrected chi connectivity index (χ4v) is 2.69. The molecule has 1 atom stereocenters. The van der Waals surface area contributed by atoms with Crippen molar-refractivity contribution in [2.75, 3.05) is 0 Å². The van der Waals surface area contributed by atoms with E-state index in [4.69, 9.17) is 5.11 Å². The van der Waals surface area contributed by atoms with Crippen molar-refractivity contribution < 1.29 is 9.90 Å². The number of carboxylic acid groups (broad SMARTS) is 1. The van der Waals surface area contributed by atoms with Crippen molar-refractivity contribution in [1.29, 1.82) is 0 Å². The molecule has 1 aliphatic rings. The van der Waals surface area contributed by atoms with Crippen LogP contribution in [0.2, 0.25) is 0 Å². The highest BCUT2D eigenvalue weighted by Gasteiger charge is 2.24. The maximum atomic E-state index is 11.1. The monoisotopic (exact) mass is 212 g/mol. The molecule has 0 heterocycles. The number of hydrogen-bond acceptors (Lipinski definition) is 1. The van der Waals surface area contributed by atoms with Crippen LogP contribution in [0.4, 0.5) is 0 Å². The van der Waals surface area contributed by atoms with Gasteiger partial charge < -0.3 is 5.11 Å². The maximum Gasteiger partial charge on any atom is 0.306 e. The molecule has 2 nitrogen and oxygen atoms in total. The molecule has 15 heavy (non-hydrogen) atoms. The maximum absolute atomic E-state index is 11.1. The van der Waals surface area contributed by atoms with Crippen LogP contribution in [0.25, 0.3) is 0 Å². The lowest BCUT2D eigenvalue weighted by Gasteiger charge is -2.25. The van der Waals surface area contributed by atoms with Crippen LogP contribution in [-0.4, -0.2) is 11.1 Å². The molecule has 1 rings (SSSR count). The highest BCUT2D eigenvalue weighted by atomic mass is 16.4. The second-order valence-electron chi connectivity index (χ2n) is 5.40. The normalized spacial score (nSPS) is 20.5. The SMILES string of the molecule is CC(C)CC(CC1CCCCC1)C(=O)O. The molecule has 88 valence electrons. The van der Waals surface area contributed by atoms with Crippen LogP contribution in [0.15, 0.2) is 0 Å². The van der Waals surface area contributed by atoms with E-state index < -0.39 is 5.97 Å². The Morgan fingerprint density at radius 3 is 2.33 bits per heavy atom. The zero-order valence-corrected chi connectivity index (χ0v) is 10.0. The second kappa shape index (κ2) is 6.14. The highest BCUT2D eigenvalue weighted by Crippen LogP contribution is 2.31. The van der Waals surface area contributed by atoms with Crippen molar-refractivity contribution in [3.05, 3.63) is 0 Å². The van der Waals surface area contributed by atoms with Crippen LogP contribution in [-0.2, 0) is 4.79 Å². The van der Waals surface area contributed by atoms with Crippen LogP contribution >= 0.6 is 0 Å². The molecule has 0 amide bonds. The van der Waals surface area contributed by atoms with E-state index in [0.29, 0.717) is 11.8 Å². The lowest BCUT2D eigenvalue weighted by Crippen LogP contribution is -2.21. The standard InChI is InChI=1S/C13H24O2/c1-10(2)8-12(13(14)15)9-11-6-4-3-5-7-11/h10-12H,3-9H2,1-2H3,(H,14,15). The Kier molecular flexibility index (Phi) is 5.13. The van der Waals surface area contributed by atoms with E-state index in [1.807, 2.05) is 0 Å². The number of aliphatic carboxylic acids is 1. The van der Waals surface area contributed by atoms with Crippen LogP contribution < -0.4 is 0 Å². The Morgan fingerprint density at radius 1 is 1.27 bits per heavy atom. The average Bonchev–Trinajstić information content (AvgIpc) is 2.17. The quantitative estimate of drug-likeness (QED) is 0.754. The largest absolute Gasteiger partial charge is 0.481 e. The first kappa shape index (κ1) is 12.5. The van der Waals surface area contributed by atoms with Gasteiger partial charge in [0.25, 0.3) is 0 Å². The molecule has 0 aromatic rings. The van der Waals surface area contributed by atoms with E-state index in [-0.39, 0.29) is 5.92 Å². The fraction of sp³-hybridized carbons (Fsp3) is 0.923. The molecule has 0 aromatic heterocycles. The lowest BCUT2D eigenvalue weighted by molar-refractivity contribution is -0.143. The van der Waals surface area contributed by atoms with Gasteiger partial charge in [0, 0.05) is 0 Å². The molecule has 2 heteroatoms. The Balaban J connectivity index is 2.38. The fourth-order valence-electron chi connectivity index (χ4n) is 2.69. The Bertz CT molecular complexity index is 193. The van der Waals surface area contributed by atoms with Gasteiger partial charge in [-0.1, -0.05) is 46.0 Å². The first-order valence-corrected chi connectivity index (χ1v) is 6.32. The van der Waals surface area contributed by atoms with Crippen molar-refractivity contribution in [3.63, 3.8) is 0 Å². The van der Waals surface area contributed by atoms with Gasteiger partial charge in [-0.25, -0.2) is 0 Å². The third kappa shape index (κ3) is 4.67. The molecule has 0 aliphatic heterocycles. The molecule has 0 aromatic carbocycles. The van der Waals surface area contributed by atoms with Gasteiger partial charge in [-0.15, -0.1) is 0 Å². The highest BCUT2D eigenvalue weighted by molar-refractivity contribution is 5.69. The van der Waals surface area contributed by atoms with Gasteiger partial charge in [0.1, 0.15) is 0 Å². The summed E-state index contributed by atoms with van der Waals surface area (Å²) in [5, 5.41) is 9.15. The third-order valence-corrected chi connectivity index (χ3v) is 3.45. The summed E-state index contributed by atoms with van der Waals surface area (Å²) in [4.78, 5) is 11.1. The van der Waals surface area contributed by atoms with Gasteiger partial charge in [0.15, 0.2) is 0 Å². The predicted molar refractivity (Wildman–Crippen MR) is 61.8 cm³/mol. The summed E-state index contributed by atoms with van der Waals surface area (Å²) in [5.74, 6) is 0.482. The molecular weight excluding hydrogens is 188 g/mol. The third-order valence-electron chi connectivity index (χ3n) is 3.45. The molecule has 0 spiro atoms. The van der Waals surface area contributed by atoms with E-state index in [2.05, 4.69) is 13.8 Å². The van der Waals surface area contributed by atoms with E-state index in [0.717, 1.165) is 12.8 Å². The molecule has 0 radical (unpaired) electrons. The Morgan fingerprint density at radius 2 is 1.87 bits per heavy atom. The van der Waals surface area contributed by atoms with Gasteiger partial charge in [-0.05, 0) is 24.7 Å². The van der Waals surface area contributed by atoms with Crippen molar-refractivity contribution in [2.24, 2.45) is 17.8 Å². The molecular formula is C13H24O2. The minimum absolute atomic E-state index is 0.104.